The van der Waals surface area contributed by atoms with Crippen LogP contribution in [0.4, 0.5) is 0 Å². The first-order valence-electron chi connectivity index (χ1n) is 17.7. The maximum atomic E-state index is 11.2. The summed E-state index contributed by atoms with van der Waals surface area (Å²) in [6.07, 6.45) is 29.1. The molecular formula is C42H68O5. The van der Waals surface area contributed by atoms with E-state index in [9.17, 15) is 9.59 Å². The van der Waals surface area contributed by atoms with Crippen molar-refractivity contribution in [3.63, 3.8) is 0 Å². The highest BCUT2D eigenvalue weighted by atomic mass is 16.6. The molecule has 0 saturated carbocycles. The molecule has 5 nitrogen and oxygen atoms in total. The Morgan fingerprint density at radius 1 is 0.447 bits per heavy atom. The van der Waals surface area contributed by atoms with Gasteiger partial charge in [-0.1, -0.05) is 81.5 Å². The maximum absolute atomic E-state index is 11.2. The standard InChI is InChI=1S/C42H68O5/c1-33(2)17-11-18-34(3)19-12-20-35(4)21-13-22-36(5)23-14-24-37(6)25-15-26-38(7)27-16-28-39(8)29-30-45-31-42(47-41(10)44)32-46-40(9)43/h17,19,21,23,25,27,29,42H,11-16,18,20,22,24,26,28,30-32H2,1-10H3/b34-19+,35-21+,36-23+,37-25+,38-27+,39-29+. The molecule has 0 bridgehead atoms. The van der Waals surface area contributed by atoms with E-state index in [2.05, 4.69) is 97.9 Å². The van der Waals surface area contributed by atoms with Crippen LogP contribution in [-0.4, -0.2) is 37.9 Å². The van der Waals surface area contributed by atoms with Gasteiger partial charge in [0.1, 0.15) is 6.61 Å². The van der Waals surface area contributed by atoms with E-state index in [0.29, 0.717) is 6.61 Å². The summed E-state index contributed by atoms with van der Waals surface area (Å²) in [5.74, 6) is -0.834. The third-order valence-corrected chi connectivity index (χ3v) is 7.91. The topological polar surface area (TPSA) is 61.8 Å². The average Bonchev–Trinajstić information content (AvgIpc) is 2.97. The van der Waals surface area contributed by atoms with Crippen LogP contribution >= 0.6 is 0 Å². The van der Waals surface area contributed by atoms with Crippen LogP contribution in [-0.2, 0) is 23.8 Å². The SMILES string of the molecule is CC(=O)OCC(COC/C=C(\C)CC/C=C(\C)CC/C=C(\C)CC/C=C(\C)CC/C=C(\C)CC/C=C(\C)CCC=C(C)C)OC(C)=O. The first-order chi connectivity index (χ1) is 22.3. The lowest BCUT2D eigenvalue weighted by atomic mass is 10.0. The smallest absolute Gasteiger partial charge is 0.303 e. The first kappa shape index (κ1) is 44.1. The Hall–Kier alpha value is -2.92. The molecule has 1 atom stereocenters. The molecule has 0 aromatic carbocycles. The van der Waals surface area contributed by atoms with Gasteiger partial charge in [-0.15, -0.1) is 0 Å². The normalized spacial score (nSPS) is 14.3. The second-order valence-electron chi connectivity index (χ2n) is 13.4. The van der Waals surface area contributed by atoms with Crippen molar-refractivity contribution in [2.45, 2.75) is 152 Å². The third-order valence-electron chi connectivity index (χ3n) is 7.91. The number of carbonyl (C=O) groups excluding carboxylic acids is 2. The van der Waals surface area contributed by atoms with Crippen LogP contribution in [0.15, 0.2) is 81.5 Å². The molecule has 0 amide bonds. The molecule has 0 aliphatic carbocycles. The Bertz CT molecular complexity index is 1120. The molecule has 1 unspecified atom stereocenters. The largest absolute Gasteiger partial charge is 0.462 e. The van der Waals surface area contributed by atoms with Crippen LogP contribution in [0.1, 0.15) is 146 Å². The Morgan fingerprint density at radius 2 is 0.787 bits per heavy atom. The van der Waals surface area contributed by atoms with Crippen molar-refractivity contribution < 1.29 is 23.8 Å². The van der Waals surface area contributed by atoms with Gasteiger partial charge in [0.25, 0.3) is 0 Å². The predicted octanol–water partition coefficient (Wildman–Crippen LogP) is 11.8. The zero-order chi connectivity index (χ0) is 35.5. The summed E-state index contributed by atoms with van der Waals surface area (Å²) in [5.41, 5.74) is 10.1. The summed E-state index contributed by atoms with van der Waals surface area (Å²) in [4.78, 5) is 22.3. The van der Waals surface area contributed by atoms with Crippen molar-refractivity contribution >= 4 is 11.9 Å². The second-order valence-corrected chi connectivity index (χ2v) is 13.4. The summed E-state index contributed by atoms with van der Waals surface area (Å²) < 4.78 is 15.7. The Kier molecular flexibility index (Phi) is 26.4. The number of rotatable bonds is 25. The molecule has 47 heavy (non-hydrogen) atoms. The van der Waals surface area contributed by atoms with Crippen molar-refractivity contribution in [2.24, 2.45) is 0 Å². The van der Waals surface area contributed by atoms with E-state index in [1.54, 1.807) is 0 Å². The van der Waals surface area contributed by atoms with E-state index in [1.165, 1.54) is 59.3 Å². The highest BCUT2D eigenvalue weighted by Gasteiger charge is 2.14. The molecule has 0 aromatic heterocycles. The second kappa shape index (κ2) is 28.1. The number of hydrogen-bond acceptors (Lipinski definition) is 5. The Balaban J connectivity index is 4.25. The van der Waals surface area contributed by atoms with Crippen molar-refractivity contribution in [1.29, 1.82) is 0 Å². The summed E-state index contributed by atoms with van der Waals surface area (Å²) in [6, 6.07) is 0. The van der Waals surface area contributed by atoms with Crippen LogP contribution in [0.2, 0.25) is 0 Å². The number of carbonyl (C=O) groups is 2. The third kappa shape index (κ3) is 30.2. The van der Waals surface area contributed by atoms with Gasteiger partial charge in [-0.3, -0.25) is 9.59 Å². The Morgan fingerprint density at radius 3 is 1.11 bits per heavy atom. The fraction of sp³-hybridized carbons (Fsp3) is 0.619. The van der Waals surface area contributed by atoms with Crippen molar-refractivity contribution in [3.8, 4) is 0 Å². The van der Waals surface area contributed by atoms with Gasteiger partial charge < -0.3 is 14.2 Å². The minimum atomic E-state index is -0.591. The number of allylic oxidation sites excluding steroid dienone is 13. The molecule has 0 radical (unpaired) electrons. The zero-order valence-electron chi connectivity index (χ0n) is 31.8. The van der Waals surface area contributed by atoms with Gasteiger partial charge >= 0.3 is 11.9 Å². The predicted molar refractivity (Wildman–Crippen MR) is 200 cm³/mol. The quantitative estimate of drug-likeness (QED) is 0.0558. The van der Waals surface area contributed by atoms with Gasteiger partial charge in [0.15, 0.2) is 6.10 Å². The summed E-state index contributed by atoms with van der Waals surface area (Å²) >= 11 is 0. The highest BCUT2D eigenvalue weighted by molar-refractivity contribution is 5.67. The summed E-state index contributed by atoms with van der Waals surface area (Å²) in [6.45, 7) is 21.0. The fourth-order valence-corrected chi connectivity index (χ4v) is 4.89. The molecule has 0 spiro atoms. The fourth-order valence-electron chi connectivity index (χ4n) is 4.89. The minimum absolute atomic E-state index is 0.00153. The monoisotopic (exact) mass is 653 g/mol. The van der Waals surface area contributed by atoms with E-state index in [1.807, 2.05) is 0 Å². The van der Waals surface area contributed by atoms with Crippen molar-refractivity contribution in [2.75, 3.05) is 19.8 Å². The van der Waals surface area contributed by atoms with Gasteiger partial charge in [-0.2, -0.15) is 0 Å². The average molecular weight is 653 g/mol. The molecule has 0 aliphatic heterocycles. The van der Waals surface area contributed by atoms with E-state index in [-0.39, 0.29) is 13.2 Å². The number of ether oxygens (including phenoxy) is 3. The van der Waals surface area contributed by atoms with Crippen LogP contribution < -0.4 is 0 Å². The lowest BCUT2D eigenvalue weighted by Crippen LogP contribution is -2.28. The van der Waals surface area contributed by atoms with Gasteiger partial charge in [0.2, 0.25) is 0 Å². The van der Waals surface area contributed by atoms with E-state index >= 15 is 0 Å². The van der Waals surface area contributed by atoms with E-state index < -0.39 is 18.0 Å². The summed E-state index contributed by atoms with van der Waals surface area (Å²) in [5, 5.41) is 0. The number of hydrogen-bond donors (Lipinski definition) is 0. The molecular weight excluding hydrogens is 584 g/mol. The van der Waals surface area contributed by atoms with Crippen LogP contribution in [0.3, 0.4) is 0 Å². The van der Waals surface area contributed by atoms with Crippen LogP contribution in [0.25, 0.3) is 0 Å². The lowest BCUT2D eigenvalue weighted by molar-refractivity contribution is -0.159. The molecule has 0 heterocycles. The molecule has 0 rings (SSSR count). The van der Waals surface area contributed by atoms with E-state index in [4.69, 9.17) is 14.2 Å². The van der Waals surface area contributed by atoms with Gasteiger partial charge in [-0.25, -0.2) is 0 Å². The summed E-state index contributed by atoms with van der Waals surface area (Å²) in [7, 11) is 0. The molecule has 266 valence electrons. The Labute approximate surface area is 289 Å². The number of esters is 2. The van der Waals surface area contributed by atoms with Crippen LogP contribution in [0, 0.1) is 0 Å². The van der Waals surface area contributed by atoms with E-state index in [0.717, 1.165) is 70.6 Å². The van der Waals surface area contributed by atoms with Gasteiger partial charge in [-0.05, 0) is 132 Å². The van der Waals surface area contributed by atoms with Gasteiger partial charge in [0, 0.05) is 13.8 Å². The molecule has 0 aliphatic rings. The zero-order valence-corrected chi connectivity index (χ0v) is 31.8. The van der Waals surface area contributed by atoms with Crippen molar-refractivity contribution in [1.82, 2.24) is 0 Å². The maximum Gasteiger partial charge on any atom is 0.303 e. The molecule has 5 heteroatoms. The minimum Gasteiger partial charge on any atom is -0.462 e. The molecule has 0 N–H and O–H groups in total. The molecule has 0 aromatic rings. The van der Waals surface area contributed by atoms with Crippen molar-refractivity contribution in [3.05, 3.63) is 81.5 Å². The molecule has 0 saturated heterocycles. The van der Waals surface area contributed by atoms with Crippen LogP contribution in [0.5, 0.6) is 0 Å². The highest BCUT2D eigenvalue weighted by Crippen LogP contribution is 2.16. The first-order valence-corrected chi connectivity index (χ1v) is 17.7. The van der Waals surface area contributed by atoms with Gasteiger partial charge in [0.05, 0.1) is 13.2 Å². The molecule has 0 fully saturated rings. The lowest BCUT2D eigenvalue weighted by Gasteiger charge is -2.16.